The fourth-order valence-electron chi connectivity index (χ4n) is 2.13. The number of nitrogens with two attached hydrogens (primary N) is 1. The van der Waals surface area contributed by atoms with Crippen LogP contribution < -0.4 is 16.2 Å². The van der Waals surface area contributed by atoms with E-state index in [-0.39, 0.29) is 11.5 Å². The molecular weight excluding hydrogens is 266 g/mol. The van der Waals surface area contributed by atoms with E-state index < -0.39 is 0 Å². The first-order valence-corrected chi connectivity index (χ1v) is 6.87. The van der Waals surface area contributed by atoms with Gasteiger partial charge in [0.1, 0.15) is 0 Å². The van der Waals surface area contributed by atoms with Crippen LogP contribution >= 0.6 is 0 Å². The van der Waals surface area contributed by atoms with E-state index in [4.69, 9.17) is 5.73 Å². The highest BCUT2D eigenvalue weighted by Gasteiger charge is 2.19. The van der Waals surface area contributed by atoms with Crippen molar-refractivity contribution in [2.24, 2.45) is 7.05 Å². The molecule has 0 radical (unpaired) electrons. The van der Waals surface area contributed by atoms with Gasteiger partial charge in [0.25, 0.3) is 11.5 Å². The molecule has 5 nitrogen and oxygen atoms in total. The Hall–Kier alpha value is -2.56. The lowest BCUT2D eigenvalue weighted by Gasteiger charge is -2.23. The predicted octanol–water partition coefficient (Wildman–Crippen LogP) is 2.02. The Kier molecular flexibility index (Phi) is 4.42. The third-order valence-corrected chi connectivity index (χ3v) is 3.27. The number of hydrogen-bond acceptors (Lipinski definition) is 3. The molecule has 5 heteroatoms. The Morgan fingerprint density at radius 2 is 2.00 bits per heavy atom. The average Bonchev–Trinajstić information content (AvgIpc) is 2.48. The van der Waals surface area contributed by atoms with Crippen LogP contribution in [0.5, 0.6) is 0 Å². The van der Waals surface area contributed by atoms with E-state index in [0.717, 1.165) is 6.42 Å². The average molecular weight is 285 g/mol. The standard InChI is InChI=1S/C16H19N3O2/c1-3-9-19(14-7-5-4-6-13(14)17)16(21)12-8-10-18(2)15(20)11-12/h4-8,10-11H,3,9,17H2,1-2H3. The molecule has 110 valence electrons. The van der Waals surface area contributed by atoms with E-state index in [9.17, 15) is 9.59 Å². The molecule has 0 atom stereocenters. The van der Waals surface area contributed by atoms with E-state index >= 15 is 0 Å². The van der Waals surface area contributed by atoms with Crippen molar-refractivity contribution < 1.29 is 4.79 Å². The monoisotopic (exact) mass is 285 g/mol. The fraction of sp³-hybridized carbons (Fsp3) is 0.250. The number of aromatic nitrogens is 1. The summed E-state index contributed by atoms with van der Waals surface area (Å²) >= 11 is 0. The van der Waals surface area contributed by atoms with Gasteiger partial charge >= 0.3 is 0 Å². The van der Waals surface area contributed by atoms with Crippen LogP contribution in [0.1, 0.15) is 23.7 Å². The van der Waals surface area contributed by atoms with Gasteiger partial charge < -0.3 is 15.2 Å². The van der Waals surface area contributed by atoms with E-state index in [2.05, 4.69) is 0 Å². The molecule has 2 N–H and O–H groups in total. The van der Waals surface area contributed by atoms with Crippen LogP contribution in [0.15, 0.2) is 47.4 Å². The molecule has 1 heterocycles. The Bertz CT molecular complexity index is 707. The minimum Gasteiger partial charge on any atom is -0.397 e. The normalized spacial score (nSPS) is 10.4. The Morgan fingerprint density at radius 3 is 2.62 bits per heavy atom. The van der Waals surface area contributed by atoms with Crippen molar-refractivity contribution in [2.45, 2.75) is 13.3 Å². The topological polar surface area (TPSA) is 68.3 Å². The molecule has 1 aromatic heterocycles. The van der Waals surface area contributed by atoms with Gasteiger partial charge in [0.15, 0.2) is 0 Å². The molecule has 0 fully saturated rings. The second-order valence-corrected chi connectivity index (χ2v) is 4.88. The summed E-state index contributed by atoms with van der Waals surface area (Å²) in [4.78, 5) is 26.0. The second kappa shape index (κ2) is 6.26. The second-order valence-electron chi connectivity index (χ2n) is 4.88. The van der Waals surface area contributed by atoms with Crippen molar-refractivity contribution in [3.63, 3.8) is 0 Å². The number of aryl methyl sites for hydroxylation is 1. The smallest absolute Gasteiger partial charge is 0.258 e. The van der Waals surface area contributed by atoms with Crippen molar-refractivity contribution in [3.8, 4) is 0 Å². The van der Waals surface area contributed by atoms with Crippen molar-refractivity contribution in [3.05, 3.63) is 58.5 Å². The summed E-state index contributed by atoms with van der Waals surface area (Å²) in [7, 11) is 1.65. The van der Waals surface area contributed by atoms with Gasteiger partial charge in [-0.1, -0.05) is 19.1 Å². The molecule has 0 aliphatic heterocycles. The summed E-state index contributed by atoms with van der Waals surface area (Å²) in [6, 6.07) is 10.2. The van der Waals surface area contributed by atoms with E-state index in [1.807, 2.05) is 25.1 Å². The van der Waals surface area contributed by atoms with Gasteiger partial charge in [0, 0.05) is 31.4 Å². The number of anilines is 2. The Balaban J connectivity index is 2.42. The number of nitrogen functional groups attached to an aromatic ring is 1. The highest BCUT2D eigenvalue weighted by molar-refractivity contribution is 6.07. The molecule has 0 saturated heterocycles. The maximum absolute atomic E-state index is 12.7. The van der Waals surface area contributed by atoms with Crippen LogP contribution in [-0.2, 0) is 7.05 Å². The Labute approximate surface area is 123 Å². The van der Waals surface area contributed by atoms with E-state index in [1.54, 1.807) is 30.3 Å². The van der Waals surface area contributed by atoms with Crippen LogP contribution in [0, 0.1) is 0 Å². The molecule has 0 aliphatic rings. The molecule has 0 bridgehead atoms. The molecule has 0 spiro atoms. The van der Waals surface area contributed by atoms with Crippen LogP contribution in [0.25, 0.3) is 0 Å². The van der Waals surface area contributed by atoms with Crippen molar-refractivity contribution in [2.75, 3.05) is 17.2 Å². The number of benzene rings is 1. The first-order valence-electron chi connectivity index (χ1n) is 6.87. The first-order chi connectivity index (χ1) is 10.0. The van der Waals surface area contributed by atoms with Gasteiger partial charge in [0.2, 0.25) is 0 Å². The molecule has 2 rings (SSSR count). The molecule has 1 amide bonds. The number of rotatable bonds is 4. The molecule has 21 heavy (non-hydrogen) atoms. The predicted molar refractivity (Wildman–Crippen MR) is 84.5 cm³/mol. The van der Waals surface area contributed by atoms with Crippen LogP contribution in [0.4, 0.5) is 11.4 Å². The highest BCUT2D eigenvalue weighted by Crippen LogP contribution is 2.24. The lowest BCUT2D eigenvalue weighted by molar-refractivity contribution is 0.0986. The van der Waals surface area contributed by atoms with E-state index in [1.165, 1.54) is 10.6 Å². The fourth-order valence-corrected chi connectivity index (χ4v) is 2.13. The first kappa shape index (κ1) is 14.8. The minimum absolute atomic E-state index is 0.210. The SMILES string of the molecule is CCCN(C(=O)c1ccn(C)c(=O)c1)c1ccccc1N. The summed E-state index contributed by atoms with van der Waals surface area (Å²) < 4.78 is 1.43. The van der Waals surface area contributed by atoms with Crippen molar-refractivity contribution in [1.82, 2.24) is 4.57 Å². The number of carbonyl (C=O) groups is 1. The number of hydrogen-bond donors (Lipinski definition) is 1. The summed E-state index contributed by atoms with van der Waals surface area (Å²) in [6.07, 6.45) is 2.39. The van der Waals surface area contributed by atoms with Crippen LogP contribution in [-0.4, -0.2) is 17.0 Å². The molecule has 2 aromatic rings. The van der Waals surface area contributed by atoms with E-state index in [0.29, 0.717) is 23.5 Å². The Morgan fingerprint density at radius 1 is 1.29 bits per heavy atom. The summed E-state index contributed by atoms with van der Waals surface area (Å²) in [5, 5.41) is 0. The summed E-state index contributed by atoms with van der Waals surface area (Å²) in [6.45, 7) is 2.53. The maximum Gasteiger partial charge on any atom is 0.258 e. The third kappa shape index (κ3) is 3.13. The number of para-hydroxylation sites is 2. The molecule has 0 unspecified atom stereocenters. The van der Waals surface area contributed by atoms with Gasteiger partial charge in [-0.25, -0.2) is 0 Å². The zero-order chi connectivity index (χ0) is 15.4. The lowest BCUT2D eigenvalue weighted by Crippen LogP contribution is -2.33. The van der Waals surface area contributed by atoms with Crippen LogP contribution in [0.2, 0.25) is 0 Å². The van der Waals surface area contributed by atoms with Crippen molar-refractivity contribution >= 4 is 17.3 Å². The zero-order valence-corrected chi connectivity index (χ0v) is 12.2. The largest absolute Gasteiger partial charge is 0.397 e. The highest BCUT2D eigenvalue weighted by atomic mass is 16.2. The summed E-state index contributed by atoms with van der Waals surface area (Å²) in [5.41, 5.74) is 7.34. The maximum atomic E-state index is 12.7. The van der Waals surface area contributed by atoms with Gasteiger partial charge in [-0.15, -0.1) is 0 Å². The molecule has 1 aromatic carbocycles. The van der Waals surface area contributed by atoms with Gasteiger partial charge in [-0.05, 0) is 24.6 Å². The zero-order valence-electron chi connectivity index (χ0n) is 12.2. The minimum atomic E-state index is -0.215. The third-order valence-electron chi connectivity index (χ3n) is 3.27. The number of amides is 1. The number of carbonyl (C=O) groups excluding carboxylic acids is 1. The lowest BCUT2D eigenvalue weighted by atomic mass is 10.2. The number of nitrogens with zero attached hydrogens (tertiary/aromatic N) is 2. The van der Waals surface area contributed by atoms with Gasteiger partial charge in [0.05, 0.1) is 11.4 Å². The molecule has 0 aliphatic carbocycles. The van der Waals surface area contributed by atoms with Crippen molar-refractivity contribution in [1.29, 1.82) is 0 Å². The quantitative estimate of drug-likeness (QED) is 0.874. The summed E-state index contributed by atoms with van der Waals surface area (Å²) in [5.74, 6) is -0.215. The number of pyridine rings is 1. The molecule has 0 saturated carbocycles. The van der Waals surface area contributed by atoms with Gasteiger partial charge in [-0.2, -0.15) is 0 Å². The molecular formula is C16H19N3O2. The van der Waals surface area contributed by atoms with Crippen LogP contribution in [0.3, 0.4) is 0 Å². The van der Waals surface area contributed by atoms with Gasteiger partial charge in [-0.3, -0.25) is 9.59 Å².